The first-order chi connectivity index (χ1) is 18.2. The van der Waals surface area contributed by atoms with Crippen LogP contribution in [0.4, 0.5) is 5.95 Å². The Morgan fingerprint density at radius 3 is 2.55 bits per heavy atom. The van der Waals surface area contributed by atoms with E-state index in [1.165, 1.54) is 0 Å². The summed E-state index contributed by atoms with van der Waals surface area (Å²) < 4.78 is 18.8. The number of hydrogen-bond acceptors (Lipinski definition) is 9. The minimum absolute atomic E-state index is 0.0960. The number of carbonyl (C=O) groups excluding carboxylic acids is 2. The fourth-order valence-corrected chi connectivity index (χ4v) is 5.04. The van der Waals surface area contributed by atoms with Crippen LogP contribution in [0.1, 0.15) is 66.0 Å². The zero-order valence-electron chi connectivity index (χ0n) is 23.4. The van der Waals surface area contributed by atoms with E-state index in [1.54, 1.807) is 40.6 Å². The SMILES string of the molecule is CCCCSc1nc2n(n1)C(c1ccc(OCC(=O)N(CC)CC)c(OC)c1)C(C(=O)OC(C)C)=C(C)N2. The molecule has 0 radical (unpaired) electrons. The smallest absolute Gasteiger partial charge is 0.338 e. The Hall–Kier alpha value is -3.21. The van der Waals surface area contributed by atoms with E-state index in [4.69, 9.17) is 19.3 Å². The van der Waals surface area contributed by atoms with Gasteiger partial charge in [-0.15, -0.1) is 5.10 Å². The first-order valence-electron chi connectivity index (χ1n) is 13.1. The second-order valence-electron chi connectivity index (χ2n) is 9.15. The number of allylic oxidation sites excluding steroid dienone is 1. The number of benzene rings is 1. The van der Waals surface area contributed by atoms with Crippen LogP contribution < -0.4 is 14.8 Å². The molecule has 0 saturated carbocycles. The van der Waals surface area contributed by atoms with Crippen LogP contribution in [0.5, 0.6) is 11.5 Å². The quantitative estimate of drug-likeness (QED) is 0.218. The highest BCUT2D eigenvalue weighted by Gasteiger charge is 2.36. The molecule has 0 bridgehead atoms. The summed E-state index contributed by atoms with van der Waals surface area (Å²) in [7, 11) is 1.54. The highest BCUT2D eigenvalue weighted by molar-refractivity contribution is 7.99. The topological polar surface area (TPSA) is 108 Å². The molecule has 0 spiro atoms. The maximum absolute atomic E-state index is 13.3. The average Bonchev–Trinajstić information content (AvgIpc) is 3.29. The molecular weight excluding hydrogens is 506 g/mol. The van der Waals surface area contributed by atoms with Gasteiger partial charge in [-0.1, -0.05) is 31.2 Å². The largest absolute Gasteiger partial charge is 0.493 e. The first kappa shape index (κ1) is 29.3. The fourth-order valence-electron chi connectivity index (χ4n) is 4.13. The molecule has 10 nitrogen and oxygen atoms in total. The predicted octanol–water partition coefficient (Wildman–Crippen LogP) is 4.67. The Kier molecular flexibility index (Phi) is 10.5. The van der Waals surface area contributed by atoms with Crippen LogP contribution in [-0.2, 0) is 14.3 Å². The van der Waals surface area contributed by atoms with Crippen molar-refractivity contribution in [3.8, 4) is 11.5 Å². The fraction of sp³-hybridized carbons (Fsp3) is 0.556. The number of fused-ring (bicyclic) bond motifs is 1. The third-order valence-electron chi connectivity index (χ3n) is 6.10. The van der Waals surface area contributed by atoms with E-state index >= 15 is 0 Å². The number of amides is 1. The number of nitrogens with zero attached hydrogens (tertiary/aromatic N) is 4. The van der Waals surface area contributed by atoms with Crippen molar-refractivity contribution in [1.29, 1.82) is 0 Å². The number of likely N-dealkylation sites (N-methyl/N-ethyl adjacent to an activating group) is 1. The lowest BCUT2D eigenvalue weighted by Gasteiger charge is -2.29. The summed E-state index contributed by atoms with van der Waals surface area (Å²) in [5.41, 5.74) is 1.83. The van der Waals surface area contributed by atoms with Gasteiger partial charge < -0.3 is 24.4 Å². The zero-order chi connectivity index (χ0) is 27.8. The van der Waals surface area contributed by atoms with Gasteiger partial charge in [-0.3, -0.25) is 4.79 Å². The van der Waals surface area contributed by atoms with Crippen LogP contribution in [-0.4, -0.2) is 70.2 Å². The molecule has 1 aromatic heterocycles. The summed E-state index contributed by atoms with van der Waals surface area (Å²) in [6, 6.07) is 4.81. The summed E-state index contributed by atoms with van der Waals surface area (Å²) >= 11 is 1.58. The van der Waals surface area contributed by atoms with E-state index in [9.17, 15) is 9.59 Å². The molecule has 1 atom stereocenters. The van der Waals surface area contributed by atoms with Crippen LogP contribution in [0, 0.1) is 0 Å². The van der Waals surface area contributed by atoms with Crippen LogP contribution in [0.15, 0.2) is 34.6 Å². The van der Waals surface area contributed by atoms with Gasteiger partial charge in [0.15, 0.2) is 18.1 Å². The van der Waals surface area contributed by atoms with Gasteiger partial charge >= 0.3 is 5.97 Å². The molecule has 208 valence electrons. The number of esters is 1. The third-order valence-corrected chi connectivity index (χ3v) is 7.02. The molecule has 1 unspecified atom stereocenters. The van der Waals surface area contributed by atoms with Crippen LogP contribution in [0.25, 0.3) is 0 Å². The molecule has 1 amide bonds. The van der Waals surface area contributed by atoms with Crippen molar-refractivity contribution in [1.82, 2.24) is 19.7 Å². The van der Waals surface area contributed by atoms with Crippen molar-refractivity contribution in [2.45, 2.75) is 71.7 Å². The van der Waals surface area contributed by atoms with E-state index in [1.807, 2.05) is 40.7 Å². The number of rotatable bonds is 13. The summed E-state index contributed by atoms with van der Waals surface area (Å²) in [5, 5.41) is 8.61. The van der Waals surface area contributed by atoms with E-state index in [2.05, 4.69) is 17.2 Å². The Morgan fingerprint density at radius 1 is 1.18 bits per heavy atom. The Balaban J connectivity index is 1.99. The summed E-state index contributed by atoms with van der Waals surface area (Å²) in [5.74, 6) is 1.81. The van der Waals surface area contributed by atoms with Gasteiger partial charge in [-0.25, -0.2) is 9.48 Å². The number of thioether (sulfide) groups is 1. The van der Waals surface area contributed by atoms with Crippen molar-refractivity contribution < 1.29 is 23.8 Å². The monoisotopic (exact) mass is 545 g/mol. The van der Waals surface area contributed by atoms with Crippen LogP contribution in [0.2, 0.25) is 0 Å². The normalized spacial score (nSPS) is 14.7. The molecule has 1 N–H and O–H groups in total. The molecule has 2 heterocycles. The predicted molar refractivity (Wildman–Crippen MR) is 148 cm³/mol. The number of nitrogens with one attached hydrogen (secondary N) is 1. The highest BCUT2D eigenvalue weighted by Crippen LogP contribution is 2.40. The lowest BCUT2D eigenvalue weighted by atomic mass is 9.95. The van der Waals surface area contributed by atoms with Gasteiger partial charge in [0.05, 0.1) is 18.8 Å². The van der Waals surface area contributed by atoms with Crippen molar-refractivity contribution >= 4 is 29.6 Å². The van der Waals surface area contributed by atoms with Gasteiger partial charge in [0.2, 0.25) is 11.1 Å². The molecule has 11 heteroatoms. The molecule has 1 aliphatic heterocycles. The molecular formula is C27H39N5O5S. The van der Waals surface area contributed by atoms with Crippen LogP contribution in [0.3, 0.4) is 0 Å². The van der Waals surface area contributed by atoms with Gasteiger partial charge in [0.1, 0.15) is 6.04 Å². The molecule has 3 rings (SSSR count). The first-order valence-corrected chi connectivity index (χ1v) is 14.1. The van der Waals surface area contributed by atoms with Gasteiger partial charge in [-0.2, -0.15) is 4.98 Å². The minimum Gasteiger partial charge on any atom is -0.493 e. The summed E-state index contributed by atoms with van der Waals surface area (Å²) in [6.07, 6.45) is 1.86. The second-order valence-corrected chi connectivity index (χ2v) is 10.2. The number of anilines is 1. The molecule has 38 heavy (non-hydrogen) atoms. The number of unbranched alkanes of at least 4 members (excludes halogenated alkanes) is 1. The number of ether oxygens (including phenoxy) is 3. The second kappa shape index (κ2) is 13.5. The third kappa shape index (κ3) is 6.80. The molecule has 1 aromatic carbocycles. The van der Waals surface area contributed by atoms with Crippen molar-refractivity contribution in [2.75, 3.05) is 37.9 Å². The summed E-state index contributed by atoms with van der Waals surface area (Å²) in [6.45, 7) is 12.6. The van der Waals surface area contributed by atoms with Gasteiger partial charge in [-0.05, 0) is 58.7 Å². The van der Waals surface area contributed by atoms with Crippen molar-refractivity contribution in [3.05, 3.63) is 35.0 Å². The number of aromatic nitrogens is 3. The standard InChI is InChI=1S/C27H39N5O5S/c1-8-11-14-38-27-29-26-28-18(6)23(25(34)37-17(4)5)24(32(26)30-27)19-12-13-20(21(15-19)35-7)36-16-22(33)31(9-2)10-3/h12-13,15,17,24H,8-11,14,16H2,1-7H3,(H,28,29,30). The molecule has 0 aliphatic carbocycles. The lowest BCUT2D eigenvalue weighted by molar-refractivity contribution is -0.143. The maximum Gasteiger partial charge on any atom is 0.338 e. The lowest BCUT2D eigenvalue weighted by Crippen LogP contribution is -2.34. The van der Waals surface area contributed by atoms with Crippen LogP contribution >= 0.6 is 11.8 Å². The Morgan fingerprint density at radius 2 is 1.92 bits per heavy atom. The zero-order valence-corrected chi connectivity index (χ0v) is 24.2. The van der Waals surface area contributed by atoms with E-state index < -0.39 is 12.0 Å². The summed E-state index contributed by atoms with van der Waals surface area (Å²) in [4.78, 5) is 32.1. The van der Waals surface area contributed by atoms with Gasteiger partial charge in [0, 0.05) is 24.5 Å². The Bertz CT molecular complexity index is 1160. The molecule has 2 aromatic rings. The van der Waals surface area contributed by atoms with Crippen molar-refractivity contribution in [2.24, 2.45) is 0 Å². The van der Waals surface area contributed by atoms with E-state index in [0.717, 1.165) is 24.2 Å². The average molecular weight is 546 g/mol. The number of methoxy groups -OCH3 is 1. The molecule has 0 fully saturated rings. The van der Waals surface area contributed by atoms with Gasteiger partial charge in [0.25, 0.3) is 5.91 Å². The minimum atomic E-state index is -0.592. The highest BCUT2D eigenvalue weighted by atomic mass is 32.2. The maximum atomic E-state index is 13.3. The Labute approximate surface area is 229 Å². The number of carbonyl (C=O) groups is 2. The van der Waals surface area contributed by atoms with E-state index in [-0.39, 0.29) is 18.6 Å². The molecule has 1 aliphatic rings. The van der Waals surface area contributed by atoms with Crippen molar-refractivity contribution in [3.63, 3.8) is 0 Å². The molecule has 0 saturated heterocycles. The number of hydrogen-bond donors (Lipinski definition) is 1. The van der Waals surface area contributed by atoms with E-state index in [0.29, 0.717) is 47.0 Å².